The number of alkyl halides is 3. The smallest absolute Gasteiger partial charge is 0.416 e. The van der Waals surface area contributed by atoms with Crippen molar-refractivity contribution in [2.24, 2.45) is 0 Å². The number of ether oxygens (including phenoxy) is 1. The van der Waals surface area contributed by atoms with Gasteiger partial charge >= 0.3 is 24.1 Å². The molecule has 0 fully saturated rings. The summed E-state index contributed by atoms with van der Waals surface area (Å²) in [5.41, 5.74) is 1.13. The monoisotopic (exact) mass is 589 g/mol. The van der Waals surface area contributed by atoms with Gasteiger partial charge in [-0.15, -0.1) is 0 Å². The summed E-state index contributed by atoms with van der Waals surface area (Å²) in [6, 6.07) is 17.5. The quantitative estimate of drug-likeness (QED) is 0.231. The van der Waals surface area contributed by atoms with Crippen LogP contribution < -0.4 is 4.90 Å². The molecule has 11 heteroatoms. The van der Waals surface area contributed by atoms with Crippen molar-refractivity contribution >= 4 is 29.7 Å². The van der Waals surface area contributed by atoms with Crippen LogP contribution in [0.1, 0.15) is 47.7 Å². The van der Waals surface area contributed by atoms with Gasteiger partial charge in [0.15, 0.2) is 0 Å². The predicted molar refractivity (Wildman–Crippen MR) is 151 cm³/mol. The van der Waals surface area contributed by atoms with E-state index in [1.54, 1.807) is 55.5 Å². The highest BCUT2D eigenvalue weighted by Crippen LogP contribution is 2.42. The Kier molecular flexibility index (Phi) is 9.00. The number of nitrogens with zero attached hydrogens (tertiary/aromatic N) is 3. The molecule has 0 saturated carbocycles. The fourth-order valence-corrected chi connectivity index (χ4v) is 4.79. The van der Waals surface area contributed by atoms with E-state index in [9.17, 15) is 32.8 Å². The number of nitriles is 1. The first-order valence-electron chi connectivity index (χ1n) is 13.1. The first kappa shape index (κ1) is 30.6. The van der Waals surface area contributed by atoms with E-state index >= 15 is 0 Å². The van der Waals surface area contributed by atoms with Crippen LogP contribution in [0.3, 0.4) is 0 Å². The van der Waals surface area contributed by atoms with Gasteiger partial charge in [0, 0.05) is 18.3 Å². The highest BCUT2D eigenvalue weighted by molar-refractivity contribution is 6.03. The van der Waals surface area contributed by atoms with Crippen LogP contribution in [0.25, 0.3) is 6.08 Å². The predicted octanol–water partition coefficient (Wildman–Crippen LogP) is 6.70. The van der Waals surface area contributed by atoms with Gasteiger partial charge in [0.05, 0.1) is 41.1 Å². The lowest BCUT2D eigenvalue weighted by Gasteiger charge is -2.43. The molecule has 43 heavy (non-hydrogen) atoms. The molecule has 0 aliphatic carbocycles. The first-order chi connectivity index (χ1) is 20.4. The SMILES string of the molecule is CCOC(=O)C1=C(C)N(c2cccc(C(F)(F)F)c2)C(=O)N(Cc2ccc(C=CC(=O)O)cc2)C1c1ccc(C#N)cc1. The second kappa shape index (κ2) is 12.7. The molecule has 1 aliphatic rings. The summed E-state index contributed by atoms with van der Waals surface area (Å²) in [6.07, 6.45) is -2.29. The van der Waals surface area contributed by atoms with Crippen molar-refractivity contribution in [2.45, 2.75) is 32.6 Å². The largest absolute Gasteiger partial charge is 0.478 e. The number of carboxylic acid groups (broad SMARTS) is 1. The molecule has 2 amide bonds. The van der Waals surface area contributed by atoms with Gasteiger partial charge in [0.25, 0.3) is 0 Å². The number of halogens is 3. The fourth-order valence-electron chi connectivity index (χ4n) is 4.79. The zero-order chi connectivity index (χ0) is 31.3. The van der Waals surface area contributed by atoms with Crippen LogP contribution in [-0.4, -0.2) is 34.6 Å². The summed E-state index contributed by atoms with van der Waals surface area (Å²) in [6.45, 7) is 3.03. The minimum absolute atomic E-state index is 0.0124. The Morgan fingerprint density at radius 2 is 1.74 bits per heavy atom. The molecule has 1 unspecified atom stereocenters. The van der Waals surface area contributed by atoms with Gasteiger partial charge in [0.2, 0.25) is 0 Å². The Balaban J connectivity index is 1.90. The summed E-state index contributed by atoms with van der Waals surface area (Å²) in [4.78, 5) is 41.0. The Labute approximate surface area is 245 Å². The molecule has 0 spiro atoms. The van der Waals surface area contributed by atoms with Crippen molar-refractivity contribution in [1.82, 2.24) is 4.90 Å². The van der Waals surface area contributed by atoms with Crippen molar-refractivity contribution in [2.75, 3.05) is 11.5 Å². The molecule has 8 nitrogen and oxygen atoms in total. The number of anilines is 1. The summed E-state index contributed by atoms with van der Waals surface area (Å²) >= 11 is 0. The maximum atomic E-state index is 14.2. The number of rotatable bonds is 8. The van der Waals surface area contributed by atoms with Crippen LogP contribution in [0.2, 0.25) is 0 Å². The zero-order valence-corrected chi connectivity index (χ0v) is 23.1. The van der Waals surface area contributed by atoms with E-state index in [2.05, 4.69) is 0 Å². The first-order valence-corrected chi connectivity index (χ1v) is 13.1. The van der Waals surface area contributed by atoms with Crippen LogP contribution in [0.5, 0.6) is 0 Å². The highest BCUT2D eigenvalue weighted by Gasteiger charge is 2.43. The minimum atomic E-state index is -4.67. The molecule has 1 N–H and O–H groups in total. The van der Waals surface area contributed by atoms with Gasteiger partial charge in [-0.25, -0.2) is 14.4 Å². The number of carboxylic acids is 1. The number of esters is 1. The number of urea groups is 1. The number of benzene rings is 3. The third-order valence-electron chi connectivity index (χ3n) is 6.78. The zero-order valence-electron chi connectivity index (χ0n) is 23.1. The molecule has 0 radical (unpaired) electrons. The molecular weight excluding hydrogens is 563 g/mol. The van der Waals surface area contributed by atoms with Crippen molar-refractivity contribution in [3.05, 3.63) is 118 Å². The van der Waals surface area contributed by atoms with Crippen LogP contribution >= 0.6 is 0 Å². The van der Waals surface area contributed by atoms with Gasteiger partial charge in [0.1, 0.15) is 0 Å². The van der Waals surface area contributed by atoms with Crippen molar-refractivity contribution < 1.29 is 37.4 Å². The average molecular weight is 590 g/mol. The highest BCUT2D eigenvalue weighted by atomic mass is 19.4. The molecule has 0 aromatic heterocycles. The van der Waals surface area contributed by atoms with Crippen LogP contribution in [0, 0.1) is 11.3 Å². The lowest BCUT2D eigenvalue weighted by molar-refractivity contribution is -0.139. The number of hydrogen-bond donors (Lipinski definition) is 1. The summed E-state index contributed by atoms with van der Waals surface area (Å²) in [5, 5.41) is 18.2. The van der Waals surface area contributed by atoms with Crippen molar-refractivity contribution in [3.63, 3.8) is 0 Å². The van der Waals surface area contributed by atoms with E-state index < -0.39 is 35.8 Å². The number of carbonyl (C=O) groups excluding carboxylic acids is 2. The number of hydrogen-bond acceptors (Lipinski definition) is 5. The van der Waals surface area contributed by atoms with Crippen LogP contribution in [0.15, 0.2) is 90.1 Å². The van der Waals surface area contributed by atoms with Gasteiger partial charge in [-0.1, -0.05) is 42.5 Å². The van der Waals surface area contributed by atoms with Gasteiger partial charge in [-0.2, -0.15) is 18.4 Å². The van der Waals surface area contributed by atoms with E-state index in [1.807, 2.05) is 6.07 Å². The topological polar surface area (TPSA) is 111 Å². The standard InChI is InChI=1S/C32H26F3N3O5/c1-3-43-30(41)28-20(2)38(26-6-4-5-25(17-26)32(33,34)35)31(42)37(29(28)24-14-11-22(18-36)12-15-24)19-23-9-7-21(8-10-23)13-16-27(39)40/h4-17,29H,3,19H2,1-2H3,(H,39,40). The minimum Gasteiger partial charge on any atom is -0.478 e. The maximum Gasteiger partial charge on any atom is 0.416 e. The molecule has 0 saturated heterocycles. The lowest BCUT2D eigenvalue weighted by atomic mass is 9.91. The molecule has 1 atom stereocenters. The molecule has 220 valence electrons. The normalized spacial score (nSPS) is 15.5. The molecule has 4 rings (SSSR count). The van der Waals surface area contributed by atoms with Gasteiger partial charge < -0.3 is 14.7 Å². The second-order valence-corrected chi connectivity index (χ2v) is 9.56. The fraction of sp³-hybridized carbons (Fsp3) is 0.188. The van der Waals surface area contributed by atoms with E-state index in [0.29, 0.717) is 22.3 Å². The van der Waals surface area contributed by atoms with Crippen LogP contribution in [0.4, 0.5) is 23.7 Å². The third-order valence-corrected chi connectivity index (χ3v) is 6.78. The summed E-state index contributed by atoms with van der Waals surface area (Å²) in [5.74, 6) is -1.87. The van der Waals surface area contributed by atoms with Crippen LogP contribution in [-0.2, 0) is 27.0 Å². The van der Waals surface area contributed by atoms with Crippen molar-refractivity contribution in [3.8, 4) is 6.07 Å². The van der Waals surface area contributed by atoms with E-state index in [0.717, 1.165) is 23.1 Å². The molecule has 3 aromatic carbocycles. The molecule has 0 bridgehead atoms. The number of aliphatic carboxylic acids is 1. The number of carbonyl (C=O) groups is 3. The van der Waals surface area contributed by atoms with E-state index in [-0.39, 0.29) is 30.1 Å². The van der Waals surface area contributed by atoms with E-state index in [1.165, 1.54) is 30.0 Å². The lowest BCUT2D eigenvalue weighted by Crippen LogP contribution is -2.50. The Bertz CT molecular complexity index is 1640. The summed E-state index contributed by atoms with van der Waals surface area (Å²) < 4.78 is 46.2. The number of allylic oxidation sites excluding steroid dienone is 1. The van der Waals surface area contributed by atoms with Gasteiger partial charge in [-0.3, -0.25) is 4.90 Å². The van der Waals surface area contributed by atoms with E-state index in [4.69, 9.17) is 9.84 Å². The Morgan fingerprint density at radius 3 is 2.33 bits per heavy atom. The average Bonchev–Trinajstić information content (AvgIpc) is 2.98. The molecular formula is C32H26F3N3O5. The Hall–Kier alpha value is -5.37. The maximum absolute atomic E-state index is 14.2. The molecule has 3 aromatic rings. The van der Waals surface area contributed by atoms with Crippen molar-refractivity contribution in [1.29, 1.82) is 5.26 Å². The number of amides is 2. The molecule has 1 aliphatic heterocycles. The van der Waals surface area contributed by atoms with Gasteiger partial charge in [-0.05, 0) is 66.9 Å². The Morgan fingerprint density at radius 1 is 1.07 bits per heavy atom. The third kappa shape index (κ3) is 6.76. The second-order valence-electron chi connectivity index (χ2n) is 9.56. The molecule has 1 heterocycles. The summed E-state index contributed by atoms with van der Waals surface area (Å²) in [7, 11) is 0.